The molecule has 0 aromatic carbocycles. The summed E-state index contributed by atoms with van der Waals surface area (Å²) >= 11 is 0. The van der Waals surface area contributed by atoms with Crippen molar-refractivity contribution in [3.05, 3.63) is 23.0 Å². The lowest BCUT2D eigenvalue weighted by molar-refractivity contribution is 0.133. The second kappa shape index (κ2) is 10.1. The highest BCUT2D eigenvalue weighted by Gasteiger charge is 2.26. The number of rotatable bonds is 8. The van der Waals surface area contributed by atoms with Crippen LogP contribution in [0, 0.1) is 17.8 Å². The molecule has 1 aliphatic carbocycles. The van der Waals surface area contributed by atoms with Crippen LogP contribution in [0.3, 0.4) is 0 Å². The Balaban J connectivity index is 2.74. The SMILES string of the molecule is CC/C(F)=C\C/C(CC(CO)C1CCC(C)CC1)=C(/C)CF. The molecule has 0 aliphatic heterocycles. The van der Waals surface area contributed by atoms with Crippen LogP contribution in [0.1, 0.15) is 65.7 Å². The van der Waals surface area contributed by atoms with Crippen molar-refractivity contribution < 1.29 is 13.9 Å². The van der Waals surface area contributed by atoms with Crippen LogP contribution in [0.2, 0.25) is 0 Å². The van der Waals surface area contributed by atoms with Crippen molar-refractivity contribution in [3.63, 3.8) is 0 Å². The van der Waals surface area contributed by atoms with E-state index in [-0.39, 0.29) is 18.4 Å². The van der Waals surface area contributed by atoms with Gasteiger partial charge in [0.1, 0.15) is 6.67 Å². The molecule has 0 radical (unpaired) electrons. The second-order valence-corrected chi connectivity index (χ2v) is 6.89. The van der Waals surface area contributed by atoms with Gasteiger partial charge in [0.25, 0.3) is 0 Å². The average Bonchev–Trinajstić information content (AvgIpc) is 2.55. The maximum atomic E-state index is 13.4. The highest BCUT2D eigenvalue weighted by Crippen LogP contribution is 2.36. The number of hydrogen-bond acceptors (Lipinski definition) is 1. The fourth-order valence-corrected chi connectivity index (χ4v) is 3.36. The normalized spacial score (nSPS) is 25.8. The van der Waals surface area contributed by atoms with Crippen LogP contribution >= 0.6 is 0 Å². The van der Waals surface area contributed by atoms with Gasteiger partial charge >= 0.3 is 0 Å². The summed E-state index contributed by atoms with van der Waals surface area (Å²) in [7, 11) is 0. The van der Waals surface area contributed by atoms with Gasteiger partial charge in [-0.1, -0.05) is 32.3 Å². The van der Waals surface area contributed by atoms with Gasteiger partial charge in [0.15, 0.2) is 0 Å². The highest BCUT2D eigenvalue weighted by molar-refractivity contribution is 5.17. The molecular weight excluding hydrogens is 282 g/mol. The van der Waals surface area contributed by atoms with Crippen LogP contribution in [-0.4, -0.2) is 18.4 Å². The molecule has 1 fully saturated rings. The topological polar surface area (TPSA) is 20.2 Å². The van der Waals surface area contributed by atoms with E-state index in [4.69, 9.17) is 0 Å². The number of aliphatic hydroxyl groups is 1. The summed E-state index contributed by atoms with van der Waals surface area (Å²) in [6, 6.07) is 0. The Kier molecular flexibility index (Phi) is 8.92. The third-order valence-electron chi connectivity index (χ3n) is 5.18. The minimum Gasteiger partial charge on any atom is -0.396 e. The van der Waals surface area contributed by atoms with E-state index in [1.165, 1.54) is 12.8 Å². The van der Waals surface area contributed by atoms with E-state index < -0.39 is 6.67 Å². The minimum absolute atomic E-state index is 0.141. The molecule has 1 unspecified atom stereocenters. The molecule has 1 nitrogen and oxygen atoms in total. The summed E-state index contributed by atoms with van der Waals surface area (Å²) < 4.78 is 26.4. The summed E-state index contributed by atoms with van der Waals surface area (Å²) in [6.07, 6.45) is 7.83. The van der Waals surface area contributed by atoms with E-state index in [2.05, 4.69) is 6.92 Å². The Morgan fingerprint density at radius 1 is 1.27 bits per heavy atom. The molecule has 128 valence electrons. The smallest absolute Gasteiger partial charge is 0.111 e. The zero-order valence-corrected chi connectivity index (χ0v) is 14.4. The van der Waals surface area contributed by atoms with E-state index in [1.54, 1.807) is 19.9 Å². The molecular formula is C19H32F2O. The average molecular weight is 314 g/mol. The van der Waals surface area contributed by atoms with E-state index in [0.717, 1.165) is 24.3 Å². The first kappa shape index (κ1) is 19.3. The molecule has 0 spiro atoms. The fourth-order valence-electron chi connectivity index (χ4n) is 3.36. The van der Waals surface area contributed by atoms with Crippen molar-refractivity contribution in [2.45, 2.75) is 65.7 Å². The zero-order chi connectivity index (χ0) is 16.5. The van der Waals surface area contributed by atoms with Gasteiger partial charge in [-0.3, -0.25) is 0 Å². The summed E-state index contributed by atoms with van der Waals surface area (Å²) in [4.78, 5) is 0. The van der Waals surface area contributed by atoms with Crippen LogP contribution in [0.25, 0.3) is 0 Å². The number of aliphatic hydroxyl groups excluding tert-OH is 1. The summed E-state index contributed by atoms with van der Waals surface area (Å²) in [5.41, 5.74) is 1.66. The van der Waals surface area contributed by atoms with Gasteiger partial charge in [0, 0.05) is 6.61 Å². The van der Waals surface area contributed by atoms with Crippen molar-refractivity contribution in [1.29, 1.82) is 0 Å². The van der Waals surface area contributed by atoms with Crippen molar-refractivity contribution >= 4 is 0 Å². The van der Waals surface area contributed by atoms with Crippen LogP contribution in [0.4, 0.5) is 8.78 Å². The Morgan fingerprint density at radius 3 is 2.41 bits per heavy atom. The van der Waals surface area contributed by atoms with Crippen molar-refractivity contribution in [2.75, 3.05) is 13.3 Å². The van der Waals surface area contributed by atoms with Crippen LogP contribution < -0.4 is 0 Å². The predicted molar refractivity (Wildman–Crippen MR) is 89.1 cm³/mol. The molecule has 1 N–H and O–H groups in total. The Hall–Kier alpha value is -0.700. The van der Waals surface area contributed by atoms with Crippen molar-refractivity contribution in [1.82, 2.24) is 0 Å². The monoisotopic (exact) mass is 314 g/mol. The Labute approximate surface area is 134 Å². The lowest BCUT2D eigenvalue weighted by Crippen LogP contribution is -2.24. The van der Waals surface area contributed by atoms with Gasteiger partial charge in [0.05, 0.1) is 5.83 Å². The molecule has 0 aromatic rings. The fraction of sp³-hybridized carbons (Fsp3) is 0.789. The second-order valence-electron chi connectivity index (χ2n) is 6.89. The zero-order valence-electron chi connectivity index (χ0n) is 14.4. The van der Waals surface area contributed by atoms with E-state index >= 15 is 0 Å². The molecule has 3 heteroatoms. The highest BCUT2D eigenvalue weighted by atomic mass is 19.1. The molecule has 0 aromatic heterocycles. The molecule has 22 heavy (non-hydrogen) atoms. The van der Waals surface area contributed by atoms with E-state index in [1.807, 2.05) is 0 Å². The lowest BCUT2D eigenvalue weighted by atomic mass is 9.74. The number of alkyl halides is 1. The third-order valence-corrected chi connectivity index (χ3v) is 5.18. The molecule has 0 heterocycles. The summed E-state index contributed by atoms with van der Waals surface area (Å²) in [6.45, 7) is 5.49. The van der Waals surface area contributed by atoms with Gasteiger partial charge in [-0.15, -0.1) is 0 Å². The molecule has 1 saturated carbocycles. The predicted octanol–water partition coefficient (Wildman–Crippen LogP) is 5.75. The maximum Gasteiger partial charge on any atom is 0.111 e. The van der Waals surface area contributed by atoms with E-state index in [0.29, 0.717) is 30.8 Å². The molecule has 0 saturated heterocycles. The number of halogens is 2. The lowest BCUT2D eigenvalue weighted by Gasteiger charge is -2.32. The van der Waals surface area contributed by atoms with Crippen molar-refractivity contribution in [3.8, 4) is 0 Å². The maximum absolute atomic E-state index is 13.4. The molecule has 1 aliphatic rings. The van der Waals surface area contributed by atoms with Crippen LogP contribution in [0.15, 0.2) is 23.0 Å². The molecule has 0 bridgehead atoms. The van der Waals surface area contributed by atoms with Gasteiger partial charge in [-0.25, -0.2) is 8.78 Å². The minimum atomic E-state index is -0.489. The Morgan fingerprint density at radius 2 is 1.91 bits per heavy atom. The van der Waals surface area contributed by atoms with Gasteiger partial charge in [-0.05, 0) is 68.4 Å². The number of hydrogen-bond donors (Lipinski definition) is 1. The third kappa shape index (κ3) is 6.20. The van der Waals surface area contributed by atoms with Crippen LogP contribution in [0.5, 0.6) is 0 Å². The van der Waals surface area contributed by atoms with Gasteiger partial charge in [0.2, 0.25) is 0 Å². The number of allylic oxidation sites excluding steroid dienone is 4. The summed E-state index contributed by atoms with van der Waals surface area (Å²) in [5.74, 6) is 1.33. The van der Waals surface area contributed by atoms with Gasteiger partial charge < -0.3 is 5.11 Å². The van der Waals surface area contributed by atoms with Crippen molar-refractivity contribution in [2.24, 2.45) is 17.8 Å². The molecule has 1 rings (SSSR count). The molecule has 1 atom stereocenters. The van der Waals surface area contributed by atoms with Gasteiger partial charge in [-0.2, -0.15) is 0 Å². The van der Waals surface area contributed by atoms with E-state index in [9.17, 15) is 13.9 Å². The first-order valence-electron chi connectivity index (χ1n) is 8.70. The first-order chi connectivity index (χ1) is 10.5. The Bertz CT molecular complexity index is 379. The largest absolute Gasteiger partial charge is 0.396 e. The summed E-state index contributed by atoms with van der Waals surface area (Å²) in [5, 5.41) is 9.77. The quantitative estimate of drug-likeness (QED) is 0.565. The molecule has 0 amide bonds. The van der Waals surface area contributed by atoms with Crippen LogP contribution in [-0.2, 0) is 0 Å². The first-order valence-corrected chi connectivity index (χ1v) is 8.70. The standard InChI is InChI=1S/C19H32F2O/c1-4-19(21)10-9-17(15(3)12-20)11-18(13-22)16-7-5-14(2)6-8-16/h10,14,16,18,22H,4-9,11-13H2,1-3H3/b17-15+,19-10+.